The standard InChI is InChI=1S/C21H22N4O3/c1-21-12-25(20(28)17(22)13-7-3-2-4-8-13)11-15(21)19(27)23-16-10-6-5-9-14(16)18(26)24-21/h2-10,15,17H,11-12,22H2,1H3,(H,23,27)(H,24,26)/t15-,17?,21-/m0/s1. The van der Waals surface area contributed by atoms with Crippen LogP contribution >= 0.6 is 0 Å². The first kappa shape index (κ1) is 18.2. The van der Waals surface area contributed by atoms with Crippen LogP contribution in [0.2, 0.25) is 0 Å². The molecule has 2 aromatic rings. The second-order valence-electron chi connectivity index (χ2n) is 7.57. The predicted octanol–water partition coefficient (Wildman–Crippen LogP) is 1.29. The largest absolute Gasteiger partial charge is 0.344 e. The molecule has 2 heterocycles. The predicted molar refractivity (Wildman–Crippen MR) is 104 cm³/mol. The van der Waals surface area contributed by atoms with E-state index in [-0.39, 0.29) is 30.8 Å². The summed E-state index contributed by atoms with van der Waals surface area (Å²) in [5, 5.41) is 5.81. The zero-order valence-electron chi connectivity index (χ0n) is 15.5. The Morgan fingerprint density at radius 2 is 1.82 bits per heavy atom. The molecule has 3 atom stereocenters. The highest BCUT2D eigenvalue weighted by Gasteiger charge is 2.51. The van der Waals surface area contributed by atoms with Gasteiger partial charge < -0.3 is 21.3 Å². The van der Waals surface area contributed by atoms with Crippen molar-refractivity contribution in [3.05, 3.63) is 65.7 Å². The summed E-state index contributed by atoms with van der Waals surface area (Å²) in [7, 11) is 0. The molecule has 4 N–H and O–H groups in total. The molecule has 0 saturated carbocycles. The van der Waals surface area contributed by atoms with Gasteiger partial charge in [-0.15, -0.1) is 0 Å². The molecule has 28 heavy (non-hydrogen) atoms. The SMILES string of the molecule is C[C@]12CN(C(=O)C(N)c3ccccc3)C[C@H]1C(=O)Nc1ccccc1C(=O)N2. The van der Waals surface area contributed by atoms with Gasteiger partial charge in [-0.3, -0.25) is 14.4 Å². The smallest absolute Gasteiger partial charge is 0.253 e. The lowest BCUT2D eigenvalue weighted by Gasteiger charge is -2.33. The highest BCUT2D eigenvalue weighted by molar-refractivity contribution is 6.07. The topological polar surface area (TPSA) is 105 Å². The molecule has 7 heteroatoms. The number of nitrogens with zero attached hydrogens (tertiary/aromatic N) is 1. The maximum atomic E-state index is 13.0. The van der Waals surface area contributed by atoms with Crippen LogP contribution in [0, 0.1) is 5.92 Å². The number of carbonyl (C=O) groups excluding carboxylic acids is 3. The van der Waals surface area contributed by atoms with E-state index >= 15 is 0 Å². The molecular weight excluding hydrogens is 356 g/mol. The van der Waals surface area contributed by atoms with Gasteiger partial charge in [0, 0.05) is 13.1 Å². The monoisotopic (exact) mass is 378 g/mol. The average molecular weight is 378 g/mol. The number of hydrogen-bond acceptors (Lipinski definition) is 4. The van der Waals surface area contributed by atoms with Crippen molar-refractivity contribution in [3.8, 4) is 0 Å². The molecule has 4 rings (SSSR count). The zero-order valence-corrected chi connectivity index (χ0v) is 15.5. The van der Waals surface area contributed by atoms with Crippen LogP contribution in [0.25, 0.3) is 0 Å². The van der Waals surface area contributed by atoms with E-state index in [9.17, 15) is 14.4 Å². The Morgan fingerprint density at radius 3 is 2.57 bits per heavy atom. The minimum atomic E-state index is -0.874. The van der Waals surface area contributed by atoms with E-state index in [4.69, 9.17) is 5.73 Å². The number of likely N-dealkylation sites (tertiary alicyclic amines) is 1. The summed E-state index contributed by atoms with van der Waals surface area (Å²) in [5.74, 6) is -1.33. The van der Waals surface area contributed by atoms with Gasteiger partial charge in [0.1, 0.15) is 6.04 Å². The molecule has 1 saturated heterocycles. The zero-order chi connectivity index (χ0) is 19.9. The third-order valence-electron chi connectivity index (χ3n) is 5.57. The molecule has 0 spiro atoms. The Kier molecular flexibility index (Phi) is 4.39. The molecule has 1 unspecified atom stereocenters. The molecule has 0 aromatic heterocycles. The number of fused-ring (bicyclic) bond motifs is 2. The number of rotatable bonds is 2. The fourth-order valence-corrected chi connectivity index (χ4v) is 4.00. The third kappa shape index (κ3) is 3.03. The molecule has 1 fully saturated rings. The van der Waals surface area contributed by atoms with Gasteiger partial charge in [0.2, 0.25) is 11.8 Å². The minimum absolute atomic E-state index is 0.199. The second-order valence-corrected chi connectivity index (χ2v) is 7.57. The van der Waals surface area contributed by atoms with Crippen LogP contribution in [0.3, 0.4) is 0 Å². The van der Waals surface area contributed by atoms with Gasteiger partial charge in [-0.2, -0.15) is 0 Å². The Morgan fingerprint density at radius 1 is 1.14 bits per heavy atom. The summed E-state index contributed by atoms with van der Waals surface area (Å²) in [6.45, 7) is 2.22. The van der Waals surface area contributed by atoms with Crippen LogP contribution in [0.1, 0.15) is 28.9 Å². The molecule has 0 bridgehead atoms. The van der Waals surface area contributed by atoms with Crippen LogP contribution < -0.4 is 16.4 Å². The normalized spacial score (nSPS) is 24.9. The van der Waals surface area contributed by atoms with E-state index in [2.05, 4.69) is 10.6 Å². The molecule has 7 nitrogen and oxygen atoms in total. The molecule has 0 aliphatic carbocycles. The molecule has 144 valence electrons. The van der Waals surface area contributed by atoms with Crippen molar-refractivity contribution in [1.29, 1.82) is 0 Å². The van der Waals surface area contributed by atoms with Crippen molar-refractivity contribution in [2.45, 2.75) is 18.5 Å². The third-order valence-corrected chi connectivity index (χ3v) is 5.57. The van der Waals surface area contributed by atoms with E-state index in [0.29, 0.717) is 16.8 Å². The summed E-state index contributed by atoms with van der Waals surface area (Å²) in [6.07, 6.45) is 0. The first-order valence-corrected chi connectivity index (χ1v) is 9.21. The lowest BCUT2D eigenvalue weighted by atomic mass is 9.86. The summed E-state index contributed by atoms with van der Waals surface area (Å²) in [4.78, 5) is 40.2. The van der Waals surface area contributed by atoms with Crippen LogP contribution in [-0.2, 0) is 9.59 Å². The van der Waals surface area contributed by atoms with Gasteiger partial charge in [0.25, 0.3) is 5.91 Å². The van der Waals surface area contributed by atoms with Gasteiger partial charge in [0.05, 0.1) is 22.7 Å². The van der Waals surface area contributed by atoms with Crippen molar-refractivity contribution in [1.82, 2.24) is 10.2 Å². The number of anilines is 1. The van der Waals surface area contributed by atoms with Crippen molar-refractivity contribution < 1.29 is 14.4 Å². The number of hydrogen-bond donors (Lipinski definition) is 3. The quantitative estimate of drug-likeness (QED) is 0.732. The Bertz CT molecular complexity index is 946. The number of para-hydroxylation sites is 1. The highest BCUT2D eigenvalue weighted by Crippen LogP contribution is 2.33. The fraction of sp³-hybridized carbons (Fsp3) is 0.286. The van der Waals surface area contributed by atoms with Crippen LogP contribution in [-0.4, -0.2) is 41.2 Å². The Hall–Kier alpha value is -3.19. The molecule has 3 amide bonds. The van der Waals surface area contributed by atoms with Crippen LogP contribution in [0.4, 0.5) is 5.69 Å². The summed E-state index contributed by atoms with van der Waals surface area (Å²) in [5.41, 5.74) is 6.88. The molecule has 2 aromatic carbocycles. The van der Waals surface area contributed by atoms with Gasteiger partial charge in [-0.05, 0) is 24.6 Å². The summed E-state index contributed by atoms with van der Waals surface area (Å²) >= 11 is 0. The lowest BCUT2D eigenvalue weighted by molar-refractivity contribution is -0.132. The van der Waals surface area contributed by atoms with Crippen molar-refractivity contribution in [3.63, 3.8) is 0 Å². The first-order valence-electron chi connectivity index (χ1n) is 9.21. The second kappa shape index (κ2) is 6.76. The fourth-order valence-electron chi connectivity index (χ4n) is 4.00. The summed E-state index contributed by atoms with van der Waals surface area (Å²) in [6, 6.07) is 15.2. The number of benzene rings is 2. The minimum Gasteiger partial charge on any atom is -0.344 e. The van der Waals surface area contributed by atoms with Crippen molar-refractivity contribution >= 4 is 23.4 Å². The molecular formula is C21H22N4O3. The van der Waals surface area contributed by atoms with E-state index < -0.39 is 17.5 Å². The van der Waals surface area contributed by atoms with Gasteiger partial charge in [-0.1, -0.05) is 42.5 Å². The van der Waals surface area contributed by atoms with Crippen LogP contribution in [0.5, 0.6) is 0 Å². The van der Waals surface area contributed by atoms with Crippen molar-refractivity contribution in [2.75, 3.05) is 18.4 Å². The van der Waals surface area contributed by atoms with E-state index in [1.165, 1.54) is 0 Å². The lowest BCUT2D eigenvalue weighted by Crippen LogP contribution is -2.56. The molecule has 0 radical (unpaired) electrons. The number of nitrogens with two attached hydrogens (primary N) is 1. The van der Waals surface area contributed by atoms with Gasteiger partial charge >= 0.3 is 0 Å². The average Bonchev–Trinajstić information content (AvgIpc) is 3.04. The molecule has 2 aliphatic rings. The first-order chi connectivity index (χ1) is 13.4. The highest BCUT2D eigenvalue weighted by atomic mass is 16.2. The van der Waals surface area contributed by atoms with E-state index in [0.717, 1.165) is 0 Å². The van der Waals surface area contributed by atoms with Gasteiger partial charge in [-0.25, -0.2) is 0 Å². The number of nitrogens with one attached hydrogen (secondary N) is 2. The van der Waals surface area contributed by atoms with E-state index in [1.54, 1.807) is 48.2 Å². The van der Waals surface area contributed by atoms with Crippen molar-refractivity contribution in [2.24, 2.45) is 11.7 Å². The summed E-state index contributed by atoms with van der Waals surface area (Å²) < 4.78 is 0. The Labute approximate surface area is 162 Å². The van der Waals surface area contributed by atoms with E-state index in [1.807, 2.05) is 18.2 Å². The van der Waals surface area contributed by atoms with Gasteiger partial charge in [0.15, 0.2) is 0 Å². The maximum Gasteiger partial charge on any atom is 0.253 e. The maximum absolute atomic E-state index is 13.0. The number of carbonyl (C=O) groups is 3. The van der Waals surface area contributed by atoms with Crippen LogP contribution in [0.15, 0.2) is 54.6 Å². The number of amides is 3. The molecule has 2 aliphatic heterocycles. The Balaban J connectivity index is 1.61.